The summed E-state index contributed by atoms with van der Waals surface area (Å²) in [5.41, 5.74) is 0. The van der Waals surface area contributed by atoms with Crippen LogP contribution in [0.5, 0.6) is 0 Å². The van der Waals surface area contributed by atoms with Crippen molar-refractivity contribution in [2.24, 2.45) is 17.8 Å². The smallest absolute Gasteiger partial charge is 0.317 e. The minimum Gasteiger partial charge on any atom is -0.480 e. The van der Waals surface area contributed by atoms with Crippen molar-refractivity contribution in [1.82, 2.24) is 10.2 Å². The van der Waals surface area contributed by atoms with Crippen LogP contribution in [0.25, 0.3) is 0 Å². The highest BCUT2D eigenvalue weighted by atomic mass is 16.5. The molecule has 0 bridgehead atoms. The molecule has 2 saturated carbocycles. The van der Waals surface area contributed by atoms with Gasteiger partial charge in [-0.05, 0) is 63.8 Å². The van der Waals surface area contributed by atoms with E-state index >= 15 is 0 Å². The van der Waals surface area contributed by atoms with Crippen LogP contribution in [0.4, 0.5) is 0 Å². The SMILES string of the molecule is CCCCCCC1CCC2NC(N(C)CC(=O)O)CC(OC3CCC(C)CC3)C2C1. The summed E-state index contributed by atoms with van der Waals surface area (Å²) in [5.74, 6) is 1.51. The second-order valence-electron chi connectivity index (χ2n) is 10.6. The third-order valence-corrected chi connectivity index (χ3v) is 8.06. The summed E-state index contributed by atoms with van der Waals surface area (Å²) in [6.45, 7) is 4.73. The van der Waals surface area contributed by atoms with E-state index in [0.29, 0.717) is 18.1 Å². The fraction of sp³-hybridized carbons (Fsp3) is 0.960. The topological polar surface area (TPSA) is 61.8 Å². The average molecular weight is 423 g/mol. The van der Waals surface area contributed by atoms with Crippen molar-refractivity contribution in [3.63, 3.8) is 0 Å². The average Bonchev–Trinajstić information content (AvgIpc) is 2.72. The van der Waals surface area contributed by atoms with Crippen molar-refractivity contribution >= 4 is 5.97 Å². The van der Waals surface area contributed by atoms with Crippen molar-refractivity contribution in [3.05, 3.63) is 0 Å². The Morgan fingerprint density at radius 3 is 2.53 bits per heavy atom. The Morgan fingerprint density at radius 1 is 1.07 bits per heavy atom. The maximum Gasteiger partial charge on any atom is 0.317 e. The maximum absolute atomic E-state index is 11.3. The number of likely N-dealkylation sites (N-methyl/N-ethyl adjacent to an activating group) is 1. The first-order valence-electron chi connectivity index (χ1n) is 12.8. The van der Waals surface area contributed by atoms with Crippen LogP contribution in [0.1, 0.15) is 97.3 Å². The predicted octanol–water partition coefficient (Wildman–Crippen LogP) is 5.04. The maximum atomic E-state index is 11.3. The lowest BCUT2D eigenvalue weighted by Gasteiger charge is -2.50. The molecule has 5 unspecified atom stereocenters. The molecular weight excluding hydrogens is 376 g/mol. The predicted molar refractivity (Wildman–Crippen MR) is 121 cm³/mol. The molecule has 0 aromatic carbocycles. The summed E-state index contributed by atoms with van der Waals surface area (Å²) in [5, 5.41) is 13.1. The molecule has 30 heavy (non-hydrogen) atoms. The number of fused-ring (bicyclic) bond motifs is 1. The molecule has 0 amide bonds. The van der Waals surface area contributed by atoms with Gasteiger partial charge in [0.25, 0.3) is 0 Å². The minimum atomic E-state index is -0.754. The van der Waals surface area contributed by atoms with Gasteiger partial charge in [-0.15, -0.1) is 0 Å². The third-order valence-electron chi connectivity index (χ3n) is 8.06. The third kappa shape index (κ3) is 6.93. The highest BCUT2D eigenvalue weighted by molar-refractivity contribution is 5.69. The molecule has 5 nitrogen and oxygen atoms in total. The van der Waals surface area contributed by atoms with Gasteiger partial charge < -0.3 is 9.84 Å². The molecule has 5 atom stereocenters. The molecular formula is C25H46N2O3. The Morgan fingerprint density at radius 2 is 1.83 bits per heavy atom. The van der Waals surface area contributed by atoms with Gasteiger partial charge in [-0.3, -0.25) is 15.0 Å². The number of rotatable bonds is 10. The molecule has 0 spiro atoms. The second kappa shape index (κ2) is 11.8. The Bertz CT molecular complexity index is 521. The molecule has 0 aromatic rings. The molecule has 2 aliphatic carbocycles. The molecule has 3 fully saturated rings. The zero-order chi connectivity index (χ0) is 21.5. The van der Waals surface area contributed by atoms with Gasteiger partial charge in [-0.2, -0.15) is 0 Å². The van der Waals surface area contributed by atoms with Crippen LogP contribution in [-0.2, 0) is 9.53 Å². The summed E-state index contributed by atoms with van der Waals surface area (Å²) >= 11 is 0. The second-order valence-corrected chi connectivity index (χ2v) is 10.6. The van der Waals surface area contributed by atoms with Crippen LogP contribution < -0.4 is 5.32 Å². The number of carboxylic acid groups (broad SMARTS) is 1. The molecule has 3 rings (SSSR count). The first-order valence-corrected chi connectivity index (χ1v) is 12.8. The van der Waals surface area contributed by atoms with Gasteiger partial charge in [0, 0.05) is 18.4 Å². The van der Waals surface area contributed by atoms with Gasteiger partial charge in [-0.1, -0.05) is 46.0 Å². The number of nitrogens with one attached hydrogen (secondary N) is 1. The molecule has 1 heterocycles. The van der Waals surface area contributed by atoms with Crippen LogP contribution in [-0.4, -0.2) is 54.0 Å². The molecule has 1 aliphatic heterocycles. The van der Waals surface area contributed by atoms with E-state index in [1.807, 2.05) is 11.9 Å². The van der Waals surface area contributed by atoms with Crippen LogP contribution in [0.2, 0.25) is 0 Å². The van der Waals surface area contributed by atoms with Gasteiger partial charge in [0.2, 0.25) is 0 Å². The van der Waals surface area contributed by atoms with Crippen LogP contribution in [0, 0.1) is 17.8 Å². The summed E-state index contributed by atoms with van der Waals surface area (Å²) in [6, 6.07) is 0.472. The Kier molecular flexibility index (Phi) is 9.46. The van der Waals surface area contributed by atoms with E-state index in [0.717, 1.165) is 18.3 Å². The van der Waals surface area contributed by atoms with E-state index in [1.54, 1.807) is 0 Å². The van der Waals surface area contributed by atoms with E-state index in [-0.39, 0.29) is 18.8 Å². The van der Waals surface area contributed by atoms with Crippen molar-refractivity contribution in [2.45, 2.75) is 122 Å². The van der Waals surface area contributed by atoms with Crippen LogP contribution in [0.3, 0.4) is 0 Å². The number of piperidine rings is 1. The summed E-state index contributed by atoms with van der Waals surface area (Å²) < 4.78 is 6.81. The van der Waals surface area contributed by atoms with E-state index in [2.05, 4.69) is 19.2 Å². The van der Waals surface area contributed by atoms with E-state index in [9.17, 15) is 9.90 Å². The molecule has 174 valence electrons. The number of unbranched alkanes of at least 4 members (excludes halogenated alkanes) is 3. The molecule has 0 aromatic heterocycles. The number of nitrogens with zero attached hydrogens (tertiary/aromatic N) is 1. The standard InChI is InChI=1S/C25H46N2O3/c1-4-5-6-7-8-19-11-14-22-21(15-19)23(30-20-12-9-18(2)10-13-20)16-24(26-22)27(3)17-25(28)29/h18-24,26H,4-17H2,1-3H3,(H,28,29). The highest BCUT2D eigenvalue weighted by Gasteiger charge is 2.43. The van der Waals surface area contributed by atoms with E-state index in [1.165, 1.54) is 77.0 Å². The number of hydrogen-bond donors (Lipinski definition) is 2. The van der Waals surface area contributed by atoms with Crippen molar-refractivity contribution < 1.29 is 14.6 Å². The number of ether oxygens (including phenoxy) is 1. The Hall–Kier alpha value is -0.650. The molecule has 2 N–H and O–H groups in total. The fourth-order valence-electron chi connectivity index (χ4n) is 6.15. The molecule has 5 heteroatoms. The lowest BCUT2D eigenvalue weighted by Crippen LogP contribution is -2.61. The first kappa shape index (κ1) is 24.0. The minimum absolute atomic E-state index is 0.0861. The summed E-state index contributed by atoms with van der Waals surface area (Å²) in [7, 11) is 1.94. The first-order chi connectivity index (χ1) is 14.5. The molecule has 3 aliphatic rings. The fourth-order valence-corrected chi connectivity index (χ4v) is 6.15. The van der Waals surface area contributed by atoms with Gasteiger partial charge in [-0.25, -0.2) is 0 Å². The van der Waals surface area contributed by atoms with Crippen molar-refractivity contribution in [1.29, 1.82) is 0 Å². The lowest BCUT2D eigenvalue weighted by molar-refractivity contribution is -0.141. The van der Waals surface area contributed by atoms with Crippen LogP contribution in [0.15, 0.2) is 0 Å². The number of hydrogen-bond acceptors (Lipinski definition) is 4. The van der Waals surface area contributed by atoms with Gasteiger partial charge >= 0.3 is 5.97 Å². The summed E-state index contributed by atoms with van der Waals surface area (Å²) in [4.78, 5) is 13.2. The zero-order valence-electron chi connectivity index (χ0n) is 19.7. The Labute approximate surface area is 184 Å². The summed E-state index contributed by atoms with van der Waals surface area (Å²) in [6.07, 6.45) is 17.3. The van der Waals surface area contributed by atoms with Crippen molar-refractivity contribution in [3.8, 4) is 0 Å². The number of aliphatic carboxylic acids is 1. The monoisotopic (exact) mass is 422 g/mol. The Balaban J connectivity index is 1.61. The quantitative estimate of drug-likeness (QED) is 0.483. The van der Waals surface area contributed by atoms with Gasteiger partial charge in [0.1, 0.15) is 0 Å². The van der Waals surface area contributed by atoms with Gasteiger partial charge in [0.05, 0.1) is 24.9 Å². The highest BCUT2D eigenvalue weighted by Crippen LogP contribution is 2.41. The normalized spacial score (nSPS) is 37.1. The van der Waals surface area contributed by atoms with Gasteiger partial charge in [0.15, 0.2) is 0 Å². The largest absolute Gasteiger partial charge is 0.480 e. The lowest BCUT2D eigenvalue weighted by atomic mass is 9.71. The van der Waals surface area contributed by atoms with E-state index < -0.39 is 5.97 Å². The number of carbonyl (C=O) groups is 1. The van der Waals surface area contributed by atoms with Crippen molar-refractivity contribution in [2.75, 3.05) is 13.6 Å². The molecule has 1 saturated heterocycles. The number of carboxylic acids is 1. The molecule has 0 radical (unpaired) electrons. The zero-order valence-corrected chi connectivity index (χ0v) is 19.7. The van der Waals surface area contributed by atoms with E-state index in [4.69, 9.17) is 4.74 Å². The van der Waals surface area contributed by atoms with Crippen LogP contribution >= 0.6 is 0 Å².